The van der Waals surface area contributed by atoms with Crippen LogP contribution in [0.25, 0.3) is 0 Å². The number of hydrogen-bond acceptors (Lipinski definition) is 5. The highest BCUT2D eigenvalue weighted by molar-refractivity contribution is 6.32. The second kappa shape index (κ2) is 8.20. The van der Waals surface area contributed by atoms with Gasteiger partial charge in [0, 0.05) is 0 Å². The molecule has 29 heavy (non-hydrogen) atoms. The van der Waals surface area contributed by atoms with Crippen LogP contribution in [0.2, 0.25) is 5.02 Å². The molecular formula is C20H17ClN4O4. The van der Waals surface area contributed by atoms with Gasteiger partial charge in [0.2, 0.25) is 0 Å². The third-order valence-electron chi connectivity index (χ3n) is 4.54. The van der Waals surface area contributed by atoms with Gasteiger partial charge in [0.25, 0.3) is 11.8 Å². The normalized spacial score (nSPS) is 18.2. The second-order valence-electron chi connectivity index (χ2n) is 6.28. The number of carbonyl (C=O) groups excluding carboxylic acids is 3. The van der Waals surface area contributed by atoms with E-state index in [-0.39, 0.29) is 10.8 Å². The first kappa shape index (κ1) is 20.2. The van der Waals surface area contributed by atoms with Crippen molar-refractivity contribution in [3.05, 3.63) is 64.7 Å². The van der Waals surface area contributed by atoms with Gasteiger partial charge in [0.1, 0.15) is 11.3 Å². The van der Waals surface area contributed by atoms with Crippen molar-refractivity contribution in [3.8, 4) is 11.8 Å². The van der Waals surface area contributed by atoms with Gasteiger partial charge in [0.05, 0.1) is 16.7 Å². The van der Waals surface area contributed by atoms with Gasteiger partial charge in [-0.05, 0) is 30.2 Å². The Morgan fingerprint density at radius 3 is 2.62 bits per heavy atom. The number of urea groups is 1. The van der Waals surface area contributed by atoms with Crippen LogP contribution in [0.1, 0.15) is 24.5 Å². The maximum atomic E-state index is 12.9. The van der Waals surface area contributed by atoms with Crippen LogP contribution in [0.15, 0.2) is 48.5 Å². The molecule has 0 spiro atoms. The van der Waals surface area contributed by atoms with Gasteiger partial charge in [0.15, 0.2) is 6.61 Å². The SMILES string of the molecule is CC[C@@]1(c2ccccc2)NC(=O)N(NC(=O)COc2ccc(C#N)cc2Cl)C1=O. The number of benzene rings is 2. The Bertz CT molecular complexity index is 1010. The van der Waals surface area contributed by atoms with E-state index in [0.29, 0.717) is 22.6 Å². The summed E-state index contributed by atoms with van der Waals surface area (Å²) in [6.45, 7) is 1.29. The van der Waals surface area contributed by atoms with E-state index < -0.39 is 30.0 Å². The molecule has 1 aliphatic rings. The molecule has 9 heteroatoms. The number of nitrogens with one attached hydrogen (secondary N) is 2. The van der Waals surface area contributed by atoms with E-state index in [0.717, 1.165) is 0 Å². The standard InChI is InChI=1S/C20H17ClN4O4/c1-2-20(14-6-4-3-5-7-14)18(27)25(19(28)23-20)24-17(26)12-29-16-9-8-13(11-22)10-15(16)21/h3-10H,2,12H2,1H3,(H,23,28)(H,24,26)/t20-/m0/s1. The molecule has 1 fully saturated rings. The maximum absolute atomic E-state index is 12.9. The minimum atomic E-state index is -1.25. The molecule has 1 saturated heterocycles. The summed E-state index contributed by atoms with van der Waals surface area (Å²) in [6.07, 6.45) is 0.311. The summed E-state index contributed by atoms with van der Waals surface area (Å²) < 4.78 is 5.32. The maximum Gasteiger partial charge on any atom is 0.344 e. The van der Waals surface area contributed by atoms with Gasteiger partial charge in [-0.3, -0.25) is 15.0 Å². The van der Waals surface area contributed by atoms with Crippen LogP contribution < -0.4 is 15.5 Å². The molecule has 0 aliphatic carbocycles. The van der Waals surface area contributed by atoms with Crippen LogP contribution >= 0.6 is 11.6 Å². The molecule has 0 aromatic heterocycles. The summed E-state index contributed by atoms with van der Waals surface area (Å²) in [6, 6.07) is 14.4. The minimum Gasteiger partial charge on any atom is -0.482 e. The molecule has 0 radical (unpaired) electrons. The van der Waals surface area contributed by atoms with Gasteiger partial charge < -0.3 is 10.1 Å². The summed E-state index contributed by atoms with van der Waals surface area (Å²) in [4.78, 5) is 37.5. The third-order valence-corrected chi connectivity index (χ3v) is 4.84. The first-order chi connectivity index (χ1) is 13.9. The molecule has 0 bridgehead atoms. The fourth-order valence-electron chi connectivity index (χ4n) is 3.03. The smallest absolute Gasteiger partial charge is 0.344 e. The Hall–Kier alpha value is -3.57. The number of halogens is 1. The van der Waals surface area contributed by atoms with Crippen molar-refractivity contribution >= 4 is 29.4 Å². The molecule has 4 amide bonds. The molecule has 3 rings (SSSR count). The van der Waals surface area contributed by atoms with Crippen molar-refractivity contribution in [2.45, 2.75) is 18.9 Å². The number of nitriles is 1. The number of amides is 4. The number of nitrogens with zero attached hydrogens (tertiary/aromatic N) is 2. The van der Waals surface area contributed by atoms with Gasteiger partial charge in [-0.15, -0.1) is 0 Å². The monoisotopic (exact) mass is 412 g/mol. The average molecular weight is 413 g/mol. The third kappa shape index (κ3) is 3.86. The van der Waals surface area contributed by atoms with E-state index in [9.17, 15) is 14.4 Å². The zero-order valence-electron chi connectivity index (χ0n) is 15.4. The molecule has 2 aromatic carbocycles. The Labute approximate surface area is 172 Å². The van der Waals surface area contributed by atoms with Crippen molar-refractivity contribution in [2.75, 3.05) is 6.61 Å². The Morgan fingerprint density at radius 2 is 2.00 bits per heavy atom. The zero-order chi connectivity index (χ0) is 21.0. The summed E-state index contributed by atoms with van der Waals surface area (Å²) in [7, 11) is 0. The molecule has 1 aliphatic heterocycles. The molecule has 8 nitrogen and oxygen atoms in total. The molecule has 1 heterocycles. The Balaban J connectivity index is 1.68. The average Bonchev–Trinajstić information content (AvgIpc) is 2.98. The highest BCUT2D eigenvalue weighted by Crippen LogP contribution is 2.31. The lowest BCUT2D eigenvalue weighted by Crippen LogP contribution is -2.49. The molecule has 1 atom stereocenters. The van der Waals surface area contributed by atoms with Gasteiger partial charge in [-0.2, -0.15) is 10.3 Å². The molecule has 2 aromatic rings. The van der Waals surface area contributed by atoms with Crippen molar-refractivity contribution in [3.63, 3.8) is 0 Å². The molecular weight excluding hydrogens is 396 g/mol. The van der Waals surface area contributed by atoms with Crippen LogP contribution in [0.4, 0.5) is 4.79 Å². The Kier molecular flexibility index (Phi) is 5.71. The summed E-state index contributed by atoms with van der Waals surface area (Å²) in [5.74, 6) is -1.10. The first-order valence-electron chi connectivity index (χ1n) is 8.75. The lowest BCUT2D eigenvalue weighted by atomic mass is 9.87. The van der Waals surface area contributed by atoms with E-state index >= 15 is 0 Å². The summed E-state index contributed by atoms with van der Waals surface area (Å²) in [5.41, 5.74) is 1.99. The first-order valence-corrected chi connectivity index (χ1v) is 9.13. The van der Waals surface area contributed by atoms with Crippen LogP contribution in [0, 0.1) is 11.3 Å². The van der Waals surface area contributed by atoms with Crippen molar-refractivity contribution in [1.82, 2.24) is 15.8 Å². The molecule has 0 saturated carbocycles. The summed E-state index contributed by atoms with van der Waals surface area (Å²) in [5, 5.41) is 12.3. The topological polar surface area (TPSA) is 112 Å². The fraction of sp³-hybridized carbons (Fsp3) is 0.200. The number of ether oxygens (including phenoxy) is 1. The van der Waals surface area contributed by atoms with E-state index in [4.69, 9.17) is 21.6 Å². The molecule has 2 N–H and O–H groups in total. The van der Waals surface area contributed by atoms with Gasteiger partial charge in [-0.25, -0.2) is 4.79 Å². The van der Waals surface area contributed by atoms with Gasteiger partial charge in [-0.1, -0.05) is 48.9 Å². The van der Waals surface area contributed by atoms with E-state index in [2.05, 4.69) is 10.7 Å². The van der Waals surface area contributed by atoms with Crippen molar-refractivity contribution < 1.29 is 19.1 Å². The fourth-order valence-corrected chi connectivity index (χ4v) is 3.26. The highest BCUT2D eigenvalue weighted by atomic mass is 35.5. The summed E-state index contributed by atoms with van der Waals surface area (Å²) >= 11 is 6.00. The predicted octanol–water partition coefficient (Wildman–Crippen LogP) is 2.48. The van der Waals surface area contributed by atoms with Crippen LogP contribution in [-0.4, -0.2) is 29.5 Å². The van der Waals surface area contributed by atoms with Gasteiger partial charge >= 0.3 is 6.03 Å². The number of imide groups is 1. The van der Waals surface area contributed by atoms with Crippen molar-refractivity contribution in [1.29, 1.82) is 5.26 Å². The molecule has 148 valence electrons. The minimum absolute atomic E-state index is 0.168. The van der Waals surface area contributed by atoms with Crippen molar-refractivity contribution in [2.24, 2.45) is 0 Å². The van der Waals surface area contributed by atoms with Crippen LogP contribution in [0.3, 0.4) is 0 Å². The lowest BCUT2D eigenvalue weighted by Gasteiger charge is -2.25. The largest absolute Gasteiger partial charge is 0.482 e. The van der Waals surface area contributed by atoms with E-state index in [1.54, 1.807) is 37.3 Å². The lowest BCUT2D eigenvalue weighted by molar-refractivity contribution is -0.140. The molecule has 0 unspecified atom stereocenters. The number of carbonyl (C=O) groups is 3. The Morgan fingerprint density at radius 1 is 1.28 bits per heavy atom. The van der Waals surface area contributed by atoms with E-state index in [1.165, 1.54) is 18.2 Å². The zero-order valence-corrected chi connectivity index (χ0v) is 16.2. The number of hydrogen-bond donors (Lipinski definition) is 2. The quantitative estimate of drug-likeness (QED) is 0.708. The number of rotatable bonds is 6. The predicted molar refractivity (Wildman–Crippen MR) is 104 cm³/mol. The highest BCUT2D eigenvalue weighted by Gasteiger charge is 2.52. The van der Waals surface area contributed by atoms with E-state index in [1.807, 2.05) is 6.07 Å². The van der Waals surface area contributed by atoms with Crippen LogP contribution in [-0.2, 0) is 15.1 Å². The second-order valence-corrected chi connectivity index (χ2v) is 6.68. The number of hydrazine groups is 1. The van der Waals surface area contributed by atoms with Crippen LogP contribution in [0.5, 0.6) is 5.75 Å².